The Morgan fingerprint density at radius 2 is 1.84 bits per heavy atom. The summed E-state index contributed by atoms with van der Waals surface area (Å²) in [5, 5.41) is 7.74. The van der Waals surface area contributed by atoms with E-state index < -0.39 is 0 Å². The van der Waals surface area contributed by atoms with Crippen LogP contribution in [-0.2, 0) is 0 Å². The van der Waals surface area contributed by atoms with Crippen LogP contribution in [0.4, 0.5) is 0 Å². The van der Waals surface area contributed by atoms with Gasteiger partial charge in [0.05, 0.1) is 13.2 Å². The third kappa shape index (κ3) is 3.97. The maximum Gasteiger partial charge on any atom is 0.265 e. The van der Waals surface area contributed by atoms with E-state index in [1.54, 1.807) is 19.2 Å². The molecule has 1 atom stereocenters. The van der Waals surface area contributed by atoms with Crippen molar-refractivity contribution in [3.8, 4) is 17.0 Å². The molecule has 1 N–H and O–H groups in total. The molecule has 0 saturated carbocycles. The zero-order valence-electron chi connectivity index (χ0n) is 13.7. The quantitative estimate of drug-likeness (QED) is 0.721. The number of methoxy groups -OCH3 is 1. The summed E-state index contributed by atoms with van der Waals surface area (Å²) in [7, 11) is 1.61. The zero-order valence-corrected chi connectivity index (χ0v) is 15.3. The summed E-state index contributed by atoms with van der Waals surface area (Å²) in [5.74, 6) is 0.539. The molecule has 3 aromatic rings. The summed E-state index contributed by atoms with van der Waals surface area (Å²) in [6.07, 6.45) is 0. The summed E-state index contributed by atoms with van der Waals surface area (Å²) in [5.41, 5.74) is 2.36. The Morgan fingerprint density at radius 3 is 2.48 bits per heavy atom. The highest BCUT2D eigenvalue weighted by molar-refractivity contribution is 7.08. The summed E-state index contributed by atoms with van der Waals surface area (Å²) >= 11 is 6.98. The van der Waals surface area contributed by atoms with Crippen LogP contribution in [0.25, 0.3) is 11.3 Å². The van der Waals surface area contributed by atoms with Gasteiger partial charge in [0.2, 0.25) is 0 Å². The van der Waals surface area contributed by atoms with E-state index >= 15 is 0 Å². The molecule has 0 fully saturated rings. The largest absolute Gasteiger partial charge is 0.497 e. The van der Waals surface area contributed by atoms with Crippen LogP contribution in [-0.4, -0.2) is 22.6 Å². The molecule has 7 heteroatoms. The van der Waals surface area contributed by atoms with Crippen molar-refractivity contribution < 1.29 is 9.53 Å². The number of hydrogen-bond donors (Lipinski definition) is 1. The average molecular weight is 374 g/mol. The molecule has 0 saturated heterocycles. The SMILES string of the molecule is COc1ccc(-c2nnsc2C(=O)N[C@@H](C)c2ccc(Cl)cc2)cc1. The van der Waals surface area contributed by atoms with Gasteiger partial charge >= 0.3 is 0 Å². The van der Waals surface area contributed by atoms with Gasteiger partial charge in [0, 0.05) is 10.6 Å². The predicted molar refractivity (Wildman–Crippen MR) is 99.2 cm³/mol. The van der Waals surface area contributed by atoms with Gasteiger partial charge in [-0.25, -0.2) is 0 Å². The fourth-order valence-electron chi connectivity index (χ4n) is 2.37. The highest BCUT2D eigenvalue weighted by Gasteiger charge is 2.20. The Hall–Kier alpha value is -2.44. The van der Waals surface area contributed by atoms with Crippen molar-refractivity contribution >= 4 is 29.0 Å². The molecule has 128 valence electrons. The first-order chi connectivity index (χ1) is 12.1. The predicted octanol–water partition coefficient (Wildman–Crippen LogP) is 4.36. The van der Waals surface area contributed by atoms with Gasteiger partial charge < -0.3 is 10.1 Å². The van der Waals surface area contributed by atoms with Crippen molar-refractivity contribution in [2.24, 2.45) is 0 Å². The Morgan fingerprint density at radius 1 is 1.16 bits per heavy atom. The molecule has 3 rings (SSSR count). The number of amides is 1. The number of nitrogens with one attached hydrogen (secondary N) is 1. The van der Waals surface area contributed by atoms with Crippen molar-refractivity contribution in [1.82, 2.24) is 14.9 Å². The third-order valence-corrected chi connectivity index (χ3v) is 4.75. The Labute approximate surface area is 154 Å². The van der Waals surface area contributed by atoms with Gasteiger partial charge in [-0.15, -0.1) is 5.10 Å². The van der Waals surface area contributed by atoms with Gasteiger partial charge in [-0.1, -0.05) is 28.2 Å². The van der Waals surface area contributed by atoms with E-state index in [9.17, 15) is 4.79 Å². The van der Waals surface area contributed by atoms with Crippen molar-refractivity contribution in [2.45, 2.75) is 13.0 Å². The van der Waals surface area contributed by atoms with Gasteiger partial charge in [-0.3, -0.25) is 4.79 Å². The minimum Gasteiger partial charge on any atom is -0.497 e. The number of benzene rings is 2. The summed E-state index contributed by atoms with van der Waals surface area (Å²) < 4.78 is 9.09. The number of aromatic nitrogens is 2. The van der Waals surface area contributed by atoms with Gasteiger partial charge in [-0.05, 0) is 60.4 Å². The Bertz CT molecular complexity index is 863. The molecule has 1 amide bonds. The first kappa shape index (κ1) is 17.4. The summed E-state index contributed by atoms with van der Waals surface area (Å²) in [6, 6.07) is 14.6. The lowest BCUT2D eigenvalue weighted by Gasteiger charge is -2.14. The van der Waals surface area contributed by atoms with Crippen LogP contribution >= 0.6 is 23.1 Å². The fourth-order valence-corrected chi connectivity index (χ4v) is 3.09. The summed E-state index contributed by atoms with van der Waals surface area (Å²) in [4.78, 5) is 13.1. The first-order valence-electron chi connectivity index (χ1n) is 7.61. The molecule has 0 unspecified atom stereocenters. The smallest absolute Gasteiger partial charge is 0.265 e. The lowest BCUT2D eigenvalue weighted by molar-refractivity contribution is 0.0944. The molecule has 1 aromatic heterocycles. The number of nitrogens with zero attached hydrogens (tertiary/aromatic N) is 2. The minimum atomic E-state index is -0.205. The van der Waals surface area contributed by atoms with Crippen LogP contribution in [0.1, 0.15) is 28.2 Å². The number of rotatable bonds is 5. The molecular formula is C18H16ClN3O2S. The monoisotopic (exact) mass is 373 g/mol. The van der Waals surface area contributed by atoms with Crippen molar-refractivity contribution in [3.63, 3.8) is 0 Å². The van der Waals surface area contributed by atoms with E-state index in [4.69, 9.17) is 16.3 Å². The Balaban J connectivity index is 1.78. The normalized spacial score (nSPS) is 11.8. The maximum absolute atomic E-state index is 12.6. The molecule has 5 nitrogen and oxygen atoms in total. The number of ether oxygens (including phenoxy) is 1. The lowest BCUT2D eigenvalue weighted by Crippen LogP contribution is -2.26. The minimum absolute atomic E-state index is 0.157. The zero-order chi connectivity index (χ0) is 17.8. The number of carbonyl (C=O) groups is 1. The van der Waals surface area contributed by atoms with Crippen LogP contribution < -0.4 is 10.1 Å². The molecule has 0 spiro atoms. The molecule has 25 heavy (non-hydrogen) atoms. The number of halogens is 1. The van der Waals surface area contributed by atoms with Crippen LogP contribution in [0.2, 0.25) is 5.02 Å². The molecular weight excluding hydrogens is 358 g/mol. The standard InChI is InChI=1S/C18H16ClN3O2S/c1-11(12-3-7-14(19)8-4-12)20-18(23)17-16(21-22-25-17)13-5-9-15(24-2)10-6-13/h3-11H,1-2H3,(H,20,23)/t11-/m0/s1. The van der Waals surface area contributed by atoms with Crippen LogP contribution in [0.15, 0.2) is 48.5 Å². The van der Waals surface area contributed by atoms with Gasteiger partial charge in [0.1, 0.15) is 16.3 Å². The molecule has 2 aromatic carbocycles. The van der Waals surface area contributed by atoms with E-state index in [-0.39, 0.29) is 11.9 Å². The van der Waals surface area contributed by atoms with E-state index in [2.05, 4.69) is 14.9 Å². The second-order valence-electron chi connectivity index (χ2n) is 5.43. The van der Waals surface area contributed by atoms with Gasteiger partial charge in [0.25, 0.3) is 5.91 Å². The summed E-state index contributed by atoms with van der Waals surface area (Å²) in [6.45, 7) is 1.92. The molecule has 0 aliphatic rings. The lowest BCUT2D eigenvalue weighted by atomic mass is 10.1. The van der Waals surface area contributed by atoms with E-state index in [0.29, 0.717) is 15.6 Å². The average Bonchev–Trinajstić information content (AvgIpc) is 3.12. The molecule has 0 aliphatic carbocycles. The third-order valence-electron chi connectivity index (χ3n) is 3.78. The van der Waals surface area contributed by atoms with Crippen LogP contribution in [0, 0.1) is 0 Å². The number of hydrogen-bond acceptors (Lipinski definition) is 5. The first-order valence-corrected chi connectivity index (χ1v) is 8.76. The van der Waals surface area contributed by atoms with Crippen molar-refractivity contribution in [3.05, 3.63) is 64.0 Å². The number of carbonyl (C=O) groups excluding carboxylic acids is 1. The molecule has 0 aliphatic heterocycles. The topological polar surface area (TPSA) is 64.1 Å². The van der Waals surface area contributed by atoms with Gasteiger partial charge in [0.15, 0.2) is 0 Å². The van der Waals surface area contributed by atoms with E-state index in [0.717, 1.165) is 28.4 Å². The van der Waals surface area contributed by atoms with Gasteiger partial charge in [-0.2, -0.15) is 0 Å². The van der Waals surface area contributed by atoms with E-state index in [1.165, 1.54) is 0 Å². The van der Waals surface area contributed by atoms with Crippen molar-refractivity contribution in [1.29, 1.82) is 0 Å². The fraction of sp³-hybridized carbons (Fsp3) is 0.167. The van der Waals surface area contributed by atoms with Crippen LogP contribution in [0.5, 0.6) is 5.75 Å². The highest BCUT2D eigenvalue weighted by atomic mass is 35.5. The molecule has 0 radical (unpaired) electrons. The molecule has 0 bridgehead atoms. The highest BCUT2D eigenvalue weighted by Crippen LogP contribution is 2.26. The molecule has 1 heterocycles. The second-order valence-corrected chi connectivity index (χ2v) is 6.62. The second kappa shape index (κ2) is 7.63. The van der Waals surface area contributed by atoms with E-state index in [1.807, 2.05) is 43.3 Å². The maximum atomic E-state index is 12.6. The Kier molecular flexibility index (Phi) is 5.31. The van der Waals surface area contributed by atoms with Crippen molar-refractivity contribution in [2.75, 3.05) is 7.11 Å². The van der Waals surface area contributed by atoms with Crippen LogP contribution in [0.3, 0.4) is 0 Å².